The van der Waals surface area contributed by atoms with Crippen LogP contribution >= 0.6 is 11.3 Å². The third kappa shape index (κ3) is 7.47. The molecule has 0 radical (unpaired) electrons. The summed E-state index contributed by atoms with van der Waals surface area (Å²) in [6.45, 7) is 6.09. The van der Waals surface area contributed by atoms with Gasteiger partial charge < -0.3 is 16.0 Å². The van der Waals surface area contributed by atoms with Gasteiger partial charge in [0, 0.05) is 31.4 Å². The lowest BCUT2D eigenvalue weighted by molar-refractivity contribution is -0.116. The molecule has 3 N–H and O–H groups in total. The number of hydrogen-bond donors (Lipinski definition) is 3. The summed E-state index contributed by atoms with van der Waals surface area (Å²) in [5.74, 6) is 0.659. The van der Waals surface area contributed by atoms with Crippen LogP contribution in [0.2, 0.25) is 0 Å². The average Bonchev–Trinajstić information content (AvgIpc) is 3.15. The Morgan fingerprint density at radius 1 is 1.17 bits per heavy atom. The highest BCUT2D eigenvalue weighted by Gasteiger charge is 2.17. The Bertz CT molecular complexity index is 787. The number of piperidine rings is 1. The van der Waals surface area contributed by atoms with Crippen LogP contribution in [-0.4, -0.2) is 41.5 Å². The van der Waals surface area contributed by atoms with E-state index in [0.29, 0.717) is 11.7 Å². The number of carbonyl (C=O) groups is 2. The highest BCUT2D eigenvalue weighted by Crippen LogP contribution is 2.21. The normalized spacial score (nSPS) is 15.1. The average molecular weight is 416 g/mol. The SMILES string of the molecule is CC1CCN(Cc2csc(NC(=O)CCNC(=O)NCc3ccccc3)n2)CC1. The summed E-state index contributed by atoms with van der Waals surface area (Å²) in [7, 11) is 0. The van der Waals surface area contributed by atoms with Crippen LogP contribution in [0.5, 0.6) is 0 Å². The number of aromatic nitrogens is 1. The molecule has 1 saturated heterocycles. The van der Waals surface area contributed by atoms with Crippen molar-refractivity contribution in [2.75, 3.05) is 25.0 Å². The number of nitrogens with zero attached hydrogens (tertiary/aromatic N) is 2. The van der Waals surface area contributed by atoms with Gasteiger partial charge in [-0.1, -0.05) is 37.3 Å². The Balaban J connectivity index is 1.31. The zero-order valence-electron chi connectivity index (χ0n) is 16.8. The first-order valence-electron chi connectivity index (χ1n) is 10.1. The number of amides is 3. The lowest BCUT2D eigenvalue weighted by atomic mass is 9.99. The Kier molecular flexibility index (Phi) is 8.01. The fourth-order valence-electron chi connectivity index (χ4n) is 3.20. The first kappa shape index (κ1) is 21.3. The summed E-state index contributed by atoms with van der Waals surface area (Å²) in [5.41, 5.74) is 2.03. The van der Waals surface area contributed by atoms with Crippen molar-refractivity contribution in [3.8, 4) is 0 Å². The van der Waals surface area contributed by atoms with Crippen molar-refractivity contribution < 1.29 is 9.59 Å². The summed E-state index contributed by atoms with van der Waals surface area (Å²) in [6, 6.07) is 9.40. The van der Waals surface area contributed by atoms with E-state index in [4.69, 9.17) is 0 Å². The van der Waals surface area contributed by atoms with Gasteiger partial charge in [-0.2, -0.15) is 0 Å². The molecule has 0 spiro atoms. The molecule has 156 valence electrons. The summed E-state index contributed by atoms with van der Waals surface area (Å²) in [6.07, 6.45) is 2.68. The molecule has 7 nitrogen and oxygen atoms in total. The monoisotopic (exact) mass is 415 g/mol. The molecule has 1 aromatic heterocycles. The minimum atomic E-state index is -0.283. The van der Waals surface area contributed by atoms with Gasteiger partial charge in [0.05, 0.1) is 5.69 Å². The maximum Gasteiger partial charge on any atom is 0.315 e. The van der Waals surface area contributed by atoms with Crippen LogP contribution in [0.15, 0.2) is 35.7 Å². The number of likely N-dealkylation sites (tertiary alicyclic amines) is 1. The number of urea groups is 1. The van der Waals surface area contributed by atoms with Gasteiger partial charge in [0.1, 0.15) is 0 Å². The van der Waals surface area contributed by atoms with E-state index in [0.717, 1.165) is 36.8 Å². The molecule has 0 atom stereocenters. The number of benzene rings is 1. The van der Waals surface area contributed by atoms with E-state index in [1.165, 1.54) is 24.2 Å². The largest absolute Gasteiger partial charge is 0.338 e. The lowest BCUT2D eigenvalue weighted by Crippen LogP contribution is -2.36. The molecule has 1 aliphatic rings. The molecule has 8 heteroatoms. The maximum absolute atomic E-state index is 12.1. The third-order valence-electron chi connectivity index (χ3n) is 4.99. The van der Waals surface area contributed by atoms with Gasteiger partial charge in [0.15, 0.2) is 5.13 Å². The summed E-state index contributed by atoms with van der Waals surface area (Å²) in [4.78, 5) is 30.8. The molecule has 1 aliphatic heterocycles. The van der Waals surface area contributed by atoms with E-state index in [1.54, 1.807) is 0 Å². The molecule has 0 bridgehead atoms. The van der Waals surface area contributed by atoms with E-state index in [2.05, 4.69) is 32.8 Å². The molecular formula is C21H29N5O2S. The van der Waals surface area contributed by atoms with Crippen LogP contribution < -0.4 is 16.0 Å². The van der Waals surface area contributed by atoms with Gasteiger partial charge in [0.25, 0.3) is 0 Å². The van der Waals surface area contributed by atoms with Crippen LogP contribution in [0.25, 0.3) is 0 Å². The molecule has 29 heavy (non-hydrogen) atoms. The predicted octanol–water partition coefficient (Wildman–Crippen LogP) is 3.20. The Morgan fingerprint density at radius 2 is 1.93 bits per heavy atom. The topological polar surface area (TPSA) is 86.4 Å². The minimum absolute atomic E-state index is 0.152. The van der Waals surface area contributed by atoms with Crippen molar-refractivity contribution >= 4 is 28.4 Å². The molecule has 1 fully saturated rings. The van der Waals surface area contributed by atoms with Gasteiger partial charge in [-0.25, -0.2) is 9.78 Å². The molecule has 0 saturated carbocycles. The number of carbonyl (C=O) groups excluding carboxylic acids is 2. The van der Waals surface area contributed by atoms with Crippen molar-refractivity contribution in [1.29, 1.82) is 0 Å². The van der Waals surface area contributed by atoms with Crippen molar-refractivity contribution in [1.82, 2.24) is 20.5 Å². The predicted molar refractivity (Wildman–Crippen MR) is 116 cm³/mol. The lowest BCUT2D eigenvalue weighted by Gasteiger charge is -2.29. The summed E-state index contributed by atoms with van der Waals surface area (Å²) in [5, 5.41) is 10.9. The highest BCUT2D eigenvalue weighted by atomic mass is 32.1. The Hall–Kier alpha value is -2.45. The number of nitrogens with one attached hydrogen (secondary N) is 3. The van der Waals surface area contributed by atoms with Crippen molar-refractivity contribution in [2.24, 2.45) is 5.92 Å². The standard InChI is InChI=1S/C21H29N5O2S/c1-16-8-11-26(12-9-16)14-18-15-29-21(24-18)25-19(27)7-10-22-20(28)23-13-17-5-3-2-4-6-17/h2-6,15-16H,7-14H2,1H3,(H2,22,23,28)(H,24,25,27). The van der Waals surface area contributed by atoms with Crippen molar-refractivity contribution in [3.63, 3.8) is 0 Å². The van der Waals surface area contributed by atoms with E-state index in [-0.39, 0.29) is 24.9 Å². The smallest absolute Gasteiger partial charge is 0.315 e. The number of hydrogen-bond acceptors (Lipinski definition) is 5. The molecule has 1 aromatic carbocycles. The Morgan fingerprint density at radius 3 is 2.69 bits per heavy atom. The van der Waals surface area contributed by atoms with Crippen molar-refractivity contribution in [2.45, 2.75) is 39.3 Å². The molecule has 2 heterocycles. The third-order valence-corrected chi connectivity index (χ3v) is 5.80. The van der Waals surface area contributed by atoms with E-state index < -0.39 is 0 Å². The van der Waals surface area contributed by atoms with Crippen LogP contribution in [0.3, 0.4) is 0 Å². The van der Waals surface area contributed by atoms with Gasteiger partial charge in [0.2, 0.25) is 5.91 Å². The Labute approximate surface area is 175 Å². The summed E-state index contributed by atoms with van der Waals surface area (Å²) >= 11 is 1.44. The molecule has 0 aliphatic carbocycles. The molecule has 0 unspecified atom stereocenters. The highest BCUT2D eigenvalue weighted by molar-refractivity contribution is 7.13. The quantitative estimate of drug-likeness (QED) is 0.618. The van der Waals surface area contributed by atoms with Gasteiger partial charge in [-0.15, -0.1) is 11.3 Å². The first-order chi connectivity index (χ1) is 14.1. The van der Waals surface area contributed by atoms with Crippen LogP contribution in [-0.2, 0) is 17.9 Å². The van der Waals surface area contributed by atoms with Gasteiger partial charge >= 0.3 is 6.03 Å². The minimum Gasteiger partial charge on any atom is -0.338 e. The number of thiazole rings is 1. The molecule has 3 amide bonds. The summed E-state index contributed by atoms with van der Waals surface area (Å²) < 4.78 is 0. The van der Waals surface area contributed by atoms with E-state index in [9.17, 15) is 9.59 Å². The second-order valence-corrected chi connectivity index (χ2v) is 8.35. The number of anilines is 1. The maximum atomic E-state index is 12.1. The fourth-order valence-corrected chi connectivity index (χ4v) is 3.92. The number of rotatable bonds is 8. The zero-order chi connectivity index (χ0) is 20.5. The molecule has 2 aromatic rings. The van der Waals surface area contributed by atoms with Gasteiger partial charge in [-0.3, -0.25) is 9.69 Å². The van der Waals surface area contributed by atoms with Crippen molar-refractivity contribution in [3.05, 3.63) is 47.0 Å². The van der Waals surface area contributed by atoms with E-state index in [1.807, 2.05) is 35.7 Å². The fraction of sp³-hybridized carbons (Fsp3) is 0.476. The zero-order valence-corrected chi connectivity index (χ0v) is 17.6. The van der Waals surface area contributed by atoms with Crippen LogP contribution in [0, 0.1) is 5.92 Å². The van der Waals surface area contributed by atoms with Crippen LogP contribution in [0.1, 0.15) is 37.4 Å². The second-order valence-electron chi connectivity index (χ2n) is 7.50. The first-order valence-corrected chi connectivity index (χ1v) is 11.0. The second kappa shape index (κ2) is 10.9. The molecule has 3 rings (SSSR count). The van der Waals surface area contributed by atoms with Gasteiger partial charge in [-0.05, 0) is 37.4 Å². The molecular weight excluding hydrogens is 386 g/mol. The van der Waals surface area contributed by atoms with E-state index >= 15 is 0 Å². The van der Waals surface area contributed by atoms with Crippen LogP contribution in [0.4, 0.5) is 9.93 Å².